The van der Waals surface area contributed by atoms with Gasteiger partial charge in [0, 0.05) is 6.07 Å². The maximum absolute atomic E-state index is 9.38. The van der Waals surface area contributed by atoms with Crippen LogP contribution >= 0.6 is 11.3 Å². The number of nitriles is 1. The number of aromatic nitrogens is 1. The molecule has 2 aromatic carbocycles. The summed E-state index contributed by atoms with van der Waals surface area (Å²) in [5, 5.41) is 14.1. The van der Waals surface area contributed by atoms with Crippen molar-refractivity contribution in [1.29, 1.82) is 5.26 Å². The monoisotopic (exact) mass is 336 g/mol. The molecular weight excluding hydrogens is 324 g/mol. The van der Waals surface area contributed by atoms with Crippen LogP contribution < -0.4 is 14.9 Å². The minimum atomic E-state index is 0.242. The van der Waals surface area contributed by atoms with E-state index in [4.69, 9.17) is 9.47 Å². The van der Waals surface area contributed by atoms with Gasteiger partial charge in [-0.2, -0.15) is 10.4 Å². The molecule has 0 bridgehead atoms. The van der Waals surface area contributed by atoms with E-state index in [1.807, 2.05) is 36.4 Å². The summed E-state index contributed by atoms with van der Waals surface area (Å²) in [6.07, 6.45) is 0. The van der Waals surface area contributed by atoms with Crippen molar-refractivity contribution in [3.05, 3.63) is 47.5 Å². The molecule has 2 heterocycles. The van der Waals surface area contributed by atoms with Crippen LogP contribution in [0, 0.1) is 11.3 Å². The van der Waals surface area contributed by atoms with Crippen LogP contribution in [0.3, 0.4) is 0 Å². The lowest BCUT2D eigenvalue weighted by Gasteiger charge is -2.18. The van der Waals surface area contributed by atoms with E-state index >= 15 is 0 Å². The van der Waals surface area contributed by atoms with Crippen LogP contribution in [-0.2, 0) is 0 Å². The Labute approximate surface area is 142 Å². The molecule has 1 aromatic heterocycles. The molecule has 0 atom stereocenters. The SMILES string of the molecule is N#C/C(=N\Nc1ccc2c(c1)OCCO2)c1nc2ccccc2s1. The third-order valence-corrected chi connectivity index (χ3v) is 4.48. The second-order valence-electron chi connectivity index (χ2n) is 5.03. The van der Waals surface area contributed by atoms with Gasteiger partial charge in [0.1, 0.15) is 19.3 Å². The maximum atomic E-state index is 9.38. The minimum absolute atomic E-state index is 0.242. The van der Waals surface area contributed by atoms with E-state index in [1.165, 1.54) is 11.3 Å². The molecule has 0 amide bonds. The number of hydrogen-bond acceptors (Lipinski definition) is 7. The van der Waals surface area contributed by atoms with Gasteiger partial charge in [-0.1, -0.05) is 12.1 Å². The van der Waals surface area contributed by atoms with E-state index in [1.54, 1.807) is 6.07 Å². The highest BCUT2D eigenvalue weighted by atomic mass is 32.1. The first-order valence-corrected chi connectivity index (χ1v) is 8.14. The lowest BCUT2D eigenvalue weighted by atomic mass is 10.2. The Morgan fingerprint density at radius 2 is 2.00 bits per heavy atom. The number of ether oxygens (including phenoxy) is 2. The molecule has 118 valence electrons. The Morgan fingerprint density at radius 1 is 1.17 bits per heavy atom. The standard InChI is InChI=1S/C17H12N4O2S/c18-10-13(17-19-12-3-1-2-4-16(12)24-17)21-20-11-5-6-14-15(9-11)23-8-7-22-14/h1-6,9,20H,7-8H2/b21-13+. The topological polar surface area (TPSA) is 79.5 Å². The first kappa shape index (κ1) is 14.5. The van der Waals surface area contributed by atoms with E-state index in [9.17, 15) is 5.26 Å². The summed E-state index contributed by atoms with van der Waals surface area (Å²) < 4.78 is 12.0. The molecule has 6 nitrogen and oxygen atoms in total. The molecule has 0 radical (unpaired) electrons. The average Bonchev–Trinajstić information content (AvgIpc) is 3.06. The lowest BCUT2D eigenvalue weighted by Crippen LogP contribution is -2.15. The normalized spacial score (nSPS) is 13.5. The van der Waals surface area contributed by atoms with Crippen molar-refractivity contribution < 1.29 is 9.47 Å². The van der Waals surface area contributed by atoms with E-state index in [2.05, 4.69) is 21.6 Å². The van der Waals surface area contributed by atoms with Crippen molar-refractivity contribution in [3.63, 3.8) is 0 Å². The van der Waals surface area contributed by atoms with Crippen molar-refractivity contribution >= 4 is 33.0 Å². The Hall–Kier alpha value is -3.11. The molecule has 1 aliphatic heterocycles. The van der Waals surface area contributed by atoms with Gasteiger partial charge in [-0.15, -0.1) is 11.3 Å². The van der Waals surface area contributed by atoms with Gasteiger partial charge >= 0.3 is 0 Å². The highest BCUT2D eigenvalue weighted by Gasteiger charge is 2.13. The van der Waals surface area contributed by atoms with Gasteiger partial charge in [0.25, 0.3) is 0 Å². The van der Waals surface area contributed by atoms with E-state index in [0.717, 1.165) is 10.2 Å². The van der Waals surface area contributed by atoms with Crippen LogP contribution in [0.4, 0.5) is 5.69 Å². The Bertz CT molecular complexity index is 941. The Balaban J connectivity index is 1.60. The van der Waals surface area contributed by atoms with Crippen LogP contribution in [0.2, 0.25) is 0 Å². The number of para-hydroxylation sites is 1. The molecule has 7 heteroatoms. The number of thiazole rings is 1. The lowest BCUT2D eigenvalue weighted by molar-refractivity contribution is 0.171. The Morgan fingerprint density at radius 3 is 2.83 bits per heavy atom. The first-order valence-electron chi connectivity index (χ1n) is 7.33. The van der Waals surface area contributed by atoms with Crippen LogP contribution in [0.5, 0.6) is 11.5 Å². The van der Waals surface area contributed by atoms with E-state index in [-0.39, 0.29) is 5.71 Å². The van der Waals surface area contributed by atoms with Crippen LogP contribution in [-0.4, -0.2) is 23.9 Å². The van der Waals surface area contributed by atoms with E-state index in [0.29, 0.717) is 35.4 Å². The van der Waals surface area contributed by atoms with Gasteiger partial charge in [-0.3, -0.25) is 5.43 Å². The van der Waals surface area contributed by atoms with Crippen LogP contribution in [0.15, 0.2) is 47.6 Å². The summed E-state index contributed by atoms with van der Waals surface area (Å²) in [4.78, 5) is 4.45. The zero-order chi connectivity index (χ0) is 16.4. The molecule has 1 N–H and O–H groups in total. The third kappa shape index (κ3) is 2.75. The number of fused-ring (bicyclic) bond motifs is 2. The fraction of sp³-hybridized carbons (Fsp3) is 0.118. The number of nitrogens with zero attached hydrogens (tertiary/aromatic N) is 3. The summed E-state index contributed by atoms with van der Waals surface area (Å²) in [5.74, 6) is 1.38. The van der Waals surface area contributed by atoms with Gasteiger partial charge in [0.05, 0.1) is 15.9 Å². The average molecular weight is 336 g/mol. The first-order chi connectivity index (χ1) is 11.8. The van der Waals surface area contributed by atoms with Gasteiger partial charge in [0.15, 0.2) is 22.2 Å². The summed E-state index contributed by atoms with van der Waals surface area (Å²) in [5.41, 5.74) is 4.70. The molecule has 1 aliphatic rings. The molecular formula is C17H12N4O2S. The number of nitrogens with one attached hydrogen (secondary N) is 1. The fourth-order valence-electron chi connectivity index (χ4n) is 2.33. The molecule has 0 spiro atoms. The zero-order valence-electron chi connectivity index (χ0n) is 12.5. The Kier molecular flexibility index (Phi) is 3.73. The largest absolute Gasteiger partial charge is 0.486 e. The number of anilines is 1. The summed E-state index contributed by atoms with van der Waals surface area (Å²) in [7, 11) is 0. The molecule has 0 aliphatic carbocycles. The smallest absolute Gasteiger partial charge is 0.196 e. The van der Waals surface area contributed by atoms with Gasteiger partial charge in [0.2, 0.25) is 0 Å². The number of hydrazone groups is 1. The highest BCUT2D eigenvalue weighted by Crippen LogP contribution is 2.32. The highest BCUT2D eigenvalue weighted by molar-refractivity contribution is 7.20. The van der Waals surface area contributed by atoms with Gasteiger partial charge < -0.3 is 9.47 Å². The predicted molar refractivity (Wildman–Crippen MR) is 92.8 cm³/mol. The molecule has 4 rings (SSSR count). The zero-order valence-corrected chi connectivity index (χ0v) is 13.3. The second kappa shape index (κ2) is 6.18. The molecule has 24 heavy (non-hydrogen) atoms. The summed E-state index contributed by atoms with van der Waals surface area (Å²) in [6, 6.07) is 15.3. The molecule has 0 saturated carbocycles. The quantitative estimate of drug-likeness (QED) is 0.586. The van der Waals surface area contributed by atoms with Gasteiger partial charge in [-0.25, -0.2) is 4.98 Å². The molecule has 3 aromatic rings. The molecule has 0 fully saturated rings. The van der Waals surface area contributed by atoms with E-state index < -0.39 is 0 Å². The van der Waals surface area contributed by atoms with Crippen LogP contribution in [0.25, 0.3) is 10.2 Å². The summed E-state index contributed by atoms with van der Waals surface area (Å²) >= 11 is 1.44. The maximum Gasteiger partial charge on any atom is 0.196 e. The second-order valence-corrected chi connectivity index (χ2v) is 6.06. The minimum Gasteiger partial charge on any atom is -0.486 e. The molecule has 0 unspecified atom stereocenters. The predicted octanol–water partition coefficient (Wildman–Crippen LogP) is 3.41. The summed E-state index contributed by atoms with van der Waals surface area (Å²) in [6.45, 7) is 1.07. The number of benzene rings is 2. The van der Waals surface area contributed by atoms with Gasteiger partial charge in [-0.05, 0) is 24.3 Å². The van der Waals surface area contributed by atoms with Crippen molar-refractivity contribution in [2.24, 2.45) is 5.10 Å². The number of rotatable bonds is 3. The van der Waals surface area contributed by atoms with Crippen molar-refractivity contribution in [2.45, 2.75) is 0 Å². The van der Waals surface area contributed by atoms with Crippen LogP contribution in [0.1, 0.15) is 5.01 Å². The van der Waals surface area contributed by atoms with Crippen molar-refractivity contribution in [3.8, 4) is 17.6 Å². The fourth-order valence-corrected chi connectivity index (χ4v) is 3.23. The van der Waals surface area contributed by atoms with Crippen molar-refractivity contribution in [2.75, 3.05) is 18.6 Å². The number of hydrogen-bond donors (Lipinski definition) is 1. The molecule has 0 saturated heterocycles. The van der Waals surface area contributed by atoms with Crippen molar-refractivity contribution in [1.82, 2.24) is 4.98 Å². The third-order valence-electron chi connectivity index (χ3n) is 3.44.